The molecule has 0 aromatic heterocycles. The van der Waals surface area contributed by atoms with Gasteiger partial charge in [-0.1, -0.05) is 25.8 Å². The highest BCUT2D eigenvalue weighted by Gasteiger charge is 2.55. The number of hydrogen-bond donors (Lipinski definition) is 3. The Morgan fingerprint density at radius 3 is 2.64 bits per heavy atom. The van der Waals surface area contributed by atoms with E-state index in [0.29, 0.717) is 12.1 Å². The van der Waals surface area contributed by atoms with E-state index in [1.54, 1.807) is 12.1 Å². The Labute approximate surface area is 164 Å². The van der Waals surface area contributed by atoms with E-state index in [-0.39, 0.29) is 11.8 Å². The van der Waals surface area contributed by atoms with E-state index in [2.05, 4.69) is 16.0 Å². The highest BCUT2D eigenvalue weighted by Crippen LogP contribution is 2.38. The maximum absolute atomic E-state index is 12.8. The molecular formula is C20H26N4O4. The molecule has 2 aliphatic rings. The molecular weight excluding hydrogens is 360 g/mol. The molecule has 1 saturated carbocycles. The predicted octanol–water partition coefficient (Wildman–Crippen LogP) is 2.45. The van der Waals surface area contributed by atoms with E-state index in [4.69, 9.17) is 0 Å². The van der Waals surface area contributed by atoms with E-state index in [9.17, 15) is 19.2 Å². The van der Waals surface area contributed by atoms with Crippen molar-refractivity contribution in [1.29, 1.82) is 0 Å². The Kier molecular flexibility index (Phi) is 5.40. The number of nitrogens with one attached hydrogen (secondary N) is 3. The summed E-state index contributed by atoms with van der Waals surface area (Å²) < 4.78 is 0. The fourth-order valence-electron chi connectivity index (χ4n) is 3.93. The molecule has 3 N–H and O–H groups in total. The lowest BCUT2D eigenvalue weighted by atomic mass is 9.73. The van der Waals surface area contributed by atoms with Gasteiger partial charge in [-0.25, -0.2) is 9.59 Å². The van der Waals surface area contributed by atoms with Gasteiger partial charge < -0.3 is 10.6 Å². The lowest BCUT2D eigenvalue weighted by Gasteiger charge is -2.36. The minimum absolute atomic E-state index is 0.0128. The van der Waals surface area contributed by atoms with Gasteiger partial charge in [0.15, 0.2) is 0 Å². The molecule has 8 heteroatoms. The SMILES string of the molecule is Cc1ccc(NC(=O)NC(=O)CN2C(=O)N[C@@]3(CCCC[C@H]3C)C2=O)cc1C. The smallest absolute Gasteiger partial charge is 0.323 e. The van der Waals surface area contributed by atoms with Gasteiger partial charge in [-0.05, 0) is 55.9 Å². The lowest BCUT2D eigenvalue weighted by molar-refractivity contribution is -0.137. The van der Waals surface area contributed by atoms with Gasteiger partial charge in [-0.3, -0.25) is 19.8 Å². The number of rotatable bonds is 3. The number of urea groups is 2. The van der Waals surface area contributed by atoms with Crippen LogP contribution in [0.15, 0.2) is 18.2 Å². The van der Waals surface area contributed by atoms with Gasteiger partial charge >= 0.3 is 12.1 Å². The van der Waals surface area contributed by atoms with Gasteiger partial charge in [0, 0.05) is 5.69 Å². The van der Waals surface area contributed by atoms with Crippen LogP contribution in [0.25, 0.3) is 0 Å². The van der Waals surface area contributed by atoms with E-state index >= 15 is 0 Å². The molecule has 0 unspecified atom stereocenters. The number of imide groups is 2. The van der Waals surface area contributed by atoms with Gasteiger partial charge in [0.1, 0.15) is 12.1 Å². The molecule has 2 atom stereocenters. The number of benzene rings is 1. The first-order chi connectivity index (χ1) is 13.2. The number of carbonyl (C=O) groups excluding carboxylic acids is 4. The van der Waals surface area contributed by atoms with Crippen molar-refractivity contribution in [2.75, 3.05) is 11.9 Å². The molecule has 1 heterocycles. The summed E-state index contributed by atoms with van der Waals surface area (Å²) in [5, 5.41) is 7.53. The van der Waals surface area contributed by atoms with Gasteiger partial charge in [-0.2, -0.15) is 0 Å². The van der Waals surface area contributed by atoms with Crippen molar-refractivity contribution in [3.63, 3.8) is 0 Å². The van der Waals surface area contributed by atoms with Crippen LogP contribution in [-0.4, -0.2) is 40.9 Å². The predicted molar refractivity (Wildman–Crippen MR) is 104 cm³/mol. The van der Waals surface area contributed by atoms with Crippen LogP contribution in [0.1, 0.15) is 43.7 Å². The van der Waals surface area contributed by atoms with Crippen LogP contribution in [0.4, 0.5) is 15.3 Å². The molecule has 8 nitrogen and oxygen atoms in total. The van der Waals surface area contributed by atoms with Gasteiger partial charge in [0.05, 0.1) is 0 Å². The molecule has 150 valence electrons. The molecule has 1 aromatic rings. The van der Waals surface area contributed by atoms with Gasteiger partial charge in [-0.15, -0.1) is 0 Å². The van der Waals surface area contributed by atoms with Crippen molar-refractivity contribution >= 4 is 29.6 Å². The molecule has 28 heavy (non-hydrogen) atoms. The Bertz CT molecular complexity index is 837. The summed E-state index contributed by atoms with van der Waals surface area (Å²) in [6, 6.07) is 4.11. The van der Waals surface area contributed by atoms with Crippen LogP contribution in [0, 0.1) is 19.8 Å². The number of nitrogens with zero attached hydrogens (tertiary/aromatic N) is 1. The molecule has 2 fully saturated rings. The highest BCUT2D eigenvalue weighted by molar-refractivity contribution is 6.10. The van der Waals surface area contributed by atoms with E-state index in [1.165, 1.54) is 0 Å². The van der Waals surface area contributed by atoms with Crippen LogP contribution in [0.3, 0.4) is 0 Å². The number of amides is 6. The van der Waals surface area contributed by atoms with Crippen LogP contribution in [0.2, 0.25) is 0 Å². The summed E-state index contributed by atoms with van der Waals surface area (Å²) in [7, 11) is 0. The third-order valence-corrected chi connectivity index (χ3v) is 5.82. The third-order valence-electron chi connectivity index (χ3n) is 5.82. The van der Waals surface area contributed by atoms with E-state index in [0.717, 1.165) is 35.3 Å². The standard InChI is InChI=1S/C20H26N4O4/c1-12-7-8-15(10-13(12)2)21-18(27)22-16(25)11-24-17(26)20(23-19(24)28)9-5-4-6-14(20)3/h7-8,10,14H,4-6,9,11H2,1-3H3,(H,23,28)(H2,21,22,25,27)/t14-,20-/m1/s1. The first kappa shape index (κ1) is 19.9. The molecule has 3 rings (SSSR count). The van der Waals surface area contributed by atoms with Crippen molar-refractivity contribution in [2.45, 2.75) is 52.0 Å². The summed E-state index contributed by atoms with van der Waals surface area (Å²) in [6.45, 7) is 5.33. The summed E-state index contributed by atoms with van der Waals surface area (Å²) in [4.78, 5) is 50.3. The summed E-state index contributed by atoms with van der Waals surface area (Å²) in [5.74, 6) is -1.08. The maximum Gasteiger partial charge on any atom is 0.325 e. The lowest BCUT2D eigenvalue weighted by Crippen LogP contribution is -2.54. The number of anilines is 1. The van der Waals surface area contributed by atoms with Gasteiger partial charge in [0.2, 0.25) is 5.91 Å². The fraction of sp³-hybridized carbons (Fsp3) is 0.500. The summed E-state index contributed by atoms with van der Waals surface area (Å²) >= 11 is 0. The molecule has 1 aromatic carbocycles. The second-order valence-corrected chi connectivity index (χ2v) is 7.74. The van der Waals surface area contributed by atoms with E-state index in [1.807, 2.05) is 26.8 Å². The fourth-order valence-corrected chi connectivity index (χ4v) is 3.93. The molecule has 0 bridgehead atoms. The molecule has 1 saturated heterocycles. The van der Waals surface area contributed by atoms with Crippen molar-refractivity contribution in [2.24, 2.45) is 5.92 Å². The monoisotopic (exact) mass is 386 g/mol. The zero-order valence-electron chi connectivity index (χ0n) is 16.4. The van der Waals surface area contributed by atoms with Crippen molar-refractivity contribution in [3.8, 4) is 0 Å². The summed E-state index contributed by atoms with van der Waals surface area (Å²) in [5.41, 5.74) is 1.73. The number of aryl methyl sites for hydroxylation is 2. The minimum Gasteiger partial charge on any atom is -0.323 e. The molecule has 1 aliphatic carbocycles. The molecule has 0 radical (unpaired) electrons. The first-order valence-corrected chi connectivity index (χ1v) is 9.55. The Hall–Kier alpha value is -2.90. The van der Waals surface area contributed by atoms with Crippen molar-refractivity contribution in [3.05, 3.63) is 29.3 Å². The van der Waals surface area contributed by atoms with Gasteiger partial charge in [0.25, 0.3) is 5.91 Å². The van der Waals surface area contributed by atoms with Crippen LogP contribution in [-0.2, 0) is 9.59 Å². The second kappa shape index (κ2) is 7.61. The summed E-state index contributed by atoms with van der Waals surface area (Å²) in [6.07, 6.45) is 3.30. The quantitative estimate of drug-likeness (QED) is 0.694. The Balaban J connectivity index is 1.59. The third kappa shape index (κ3) is 3.72. The second-order valence-electron chi connectivity index (χ2n) is 7.74. The number of hydrogen-bond acceptors (Lipinski definition) is 4. The highest BCUT2D eigenvalue weighted by atomic mass is 16.2. The van der Waals surface area contributed by atoms with Crippen molar-refractivity contribution in [1.82, 2.24) is 15.5 Å². The largest absolute Gasteiger partial charge is 0.325 e. The zero-order valence-corrected chi connectivity index (χ0v) is 16.4. The zero-order chi connectivity index (χ0) is 20.5. The average molecular weight is 386 g/mol. The van der Waals surface area contributed by atoms with Crippen LogP contribution in [0.5, 0.6) is 0 Å². The normalized spacial score (nSPS) is 24.2. The van der Waals surface area contributed by atoms with Crippen LogP contribution < -0.4 is 16.0 Å². The Morgan fingerprint density at radius 1 is 1.21 bits per heavy atom. The maximum atomic E-state index is 12.8. The molecule has 6 amide bonds. The molecule has 1 spiro atoms. The van der Waals surface area contributed by atoms with Crippen molar-refractivity contribution < 1.29 is 19.2 Å². The minimum atomic E-state index is -0.919. The topological polar surface area (TPSA) is 108 Å². The van der Waals surface area contributed by atoms with E-state index < -0.39 is 30.1 Å². The average Bonchev–Trinajstić information content (AvgIpc) is 2.86. The first-order valence-electron chi connectivity index (χ1n) is 9.55. The Morgan fingerprint density at radius 2 is 1.96 bits per heavy atom. The number of carbonyl (C=O) groups is 4. The molecule has 1 aliphatic heterocycles. The van der Waals surface area contributed by atoms with Crippen LogP contribution >= 0.6 is 0 Å².